The van der Waals surface area contributed by atoms with Crippen LogP contribution in [0.25, 0.3) is 11.0 Å². The molecule has 0 aliphatic heterocycles. The highest BCUT2D eigenvalue weighted by Crippen LogP contribution is 2.31. The molecule has 1 heterocycles. The third kappa shape index (κ3) is 3.08. The summed E-state index contributed by atoms with van der Waals surface area (Å²) in [6.07, 6.45) is -4.38. The van der Waals surface area contributed by atoms with Crippen LogP contribution in [-0.4, -0.2) is 0 Å². The second-order valence-corrected chi connectivity index (χ2v) is 5.07. The number of halogens is 3. The van der Waals surface area contributed by atoms with Crippen molar-refractivity contribution in [3.63, 3.8) is 0 Å². The van der Waals surface area contributed by atoms with Crippen molar-refractivity contribution in [3.8, 4) is 5.75 Å². The lowest BCUT2D eigenvalue weighted by Crippen LogP contribution is -2.05. The Balaban J connectivity index is 1.76. The van der Waals surface area contributed by atoms with Crippen molar-refractivity contribution in [1.29, 1.82) is 0 Å². The fraction of sp³-hybridized carbons (Fsp3) is 0.176. The number of furan rings is 1. The summed E-state index contributed by atoms with van der Waals surface area (Å²) in [7, 11) is 0. The minimum atomic E-state index is -4.38. The Kier molecular flexibility index (Phi) is 3.56. The van der Waals surface area contributed by atoms with Gasteiger partial charge in [0.25, 0.3) is 0 Å². The van der Waals surface area contributed by atoms with Gasteiger partial charge >= 0.3 is 6.18 Å². The second kappa shape index (κ2) is 5.40. The average Bonchev–Trinajstić information content (AvgIpc) is 2.86. The summed E-state index contributed by atoms with van der Waals surface area (Å²) in [6.45, 7) is 2.06. The van der Waals surface area contributed by atoms with Gasteiger partial charge in [-0.05, 0) is 43.3 Å². The van der Waals surface area contributed by atoms with E-state index in [1.165, 1.54) is 12.1 Å². The molecule has 0 unspecified atom stereocenters. The summed E-state index contributed by atoms with van der Waals surface area (Å²) in [4.78, 5) is 0. The smallest absolute Gasteiger partial charge is 0.416 e. The SMILES string of the molecule is Cc1ccc2oc(COc3cccc(C(F)(F)F)c3)cc2c1. The molecule has 1 aromatic heterocycles. The van der Waals surface area contributed by atoms with E-state index in [4.69, 9.17) is 9.15 Å². The Morgan fingerprint density at radius 1 is 1.05 bits per heavy atom. The van der Waals surface area contributed by atoms with Gasteiger partial charge in [-0.25, -0.2) is 0 Å². The molecule has 0 saturated carbocycles. The lowest BCUT2D eigenvalue weighted by atomic mass is 10.2. The predicted octanol–water partition coefficient (Wildman–Crippen LogP) is 5.34. The zero-order valence-corrected chi connectivity index (χ0v) is 11.8. The number of hydrogen-bond acceptors (Lipinski definition) is 2. The molecule has 22 heavy (non-hydrogen) atoms. The van der Waals surface area contributed by atoms with E-state index in [-0.39, 0.29) is 12.4 Å². The summed E-state index contributed by atoms with van der Waals surface area (Å²) in [6, 6.07) is 12.4. The number of ether oxygens (including phenoxy) is 1. The number of alkyl halides is 3. The summed E-state index contributed by atoms with van der Waals surface area (Å²) in [5.41, 5.74) is 1.11. The van der Waals surface area contributed by atoms with E-state index in [1.807, 2.05) is 31.2 Å². The fourth-order valence-corrected chi connectivity index (χ4v) is 2.21. The molecule has 0 aliphatic rings. The van der Waals surface area contributed by atoms with Gasteiger partial charge in [0.2, 0.25) is 0 Å². The largest absolute Gasteiger partial charge is 0.486 e. The molecule has 0 radical (unpaired) electrons. The van der Waals surface area contributed by atoms with Crippen molar-refractivity contribution in [2.45, 2.75) is 19.7 Å². The van der Waals surface area contributed by atoms with Gasteiger partial charge in [0.1, 0.15) is 23.7 Å². The van der Waals surface area contributed by atoms with Crippen molar-refractivity contribution < 1.29 is 22.3 Å². The molecule has 3 rings (SSSR count). The second-order valence-electron chi connectivity index (χ2n) is 5.07. The maximum absolute atomic E-state index is 12.6. The third-order valence-corrected chi connectivity index (χ3v) is 3.27. The van der Waals surface area contributed by atoms with E-state index in [0.717, 1.165) is 28.7 Å². The zero-order valence-electron chi connectivity index (χ0n) is 11.8. The van der Waals surface area contributed by atoms with Crippen LogP contribution in [0.3, 0.4) is 0 Å². The van der Waals surface area contributed by atoms with Crippen LogP contribution in [0.4, 0.5) is 13.2 Å². The van der Waals surface area contributed by atoms with E-state index in [1.54, 1.807) is 0 Å². The first-order chi connectivity index (χ1) is 10.4. The molecule has 0 N–H and O–H groups in total. The lowest BCUT2D eigenvalue weighted by Gasteiger charge is -2.09. The molecule has 3 aromatic rings. The predicted molar refractivity (Wildman–Crippen MR) is 76.7 cm³/mol. The number of rotatable bonds is 3. The third-order valence-electron chi connectivity index (χ3n) is 3.27. The van der Waals surface area contributed by atoms with Crippen LogP contribution in [0, 0.1) is 6.92 Å². The molecule has 0 aliphatic carbocycles. The summed E-state index contributed by atoms with van der Waals surface area (Å²) in [5.74, 6) is 0.726. The average molecular weight is 306 g/mol. The van der Waals surface area contributed by atoms with Gasteiger partial charge in [0, 0.05) is 5.39 Å². The Morgan fingerprint density at radius 2 is 1.86 bits per heavy atom. The van der Waals surface area contributed by atoms with Gasteiger partial charge in [-0.3, -0.25) is 0 Å². The molecule has 2 aromatic carbocycles. The van der Waals surface area contributed by atoms with Crippen molar-refractivity contribution in [2.75, 3.05) is 0 Å². The van der Waals surface area contributed by atoms with E-state index >= 15 is 0 Å². The van der Waals surface area contributed by atoms with Crippen molar-refractivity contribution >= 4 is 11.0 Å². The Hall–Kier alpha value is -2.43. The van der Waals surface area contributed by atoms with Crippen molar-refractivity contribution in [3.05, 3.63) is 65.4 Å². The highest BCUT2D eigenvalue weighted by molar-refractivity contribution is 5.78. The van der Waals surface area contributed by atoms with Gasteiger partial charge < -0.3 is 9.15 Å². The van der Waals surface area contributed by atoms with Crippen LogP contribution >= 0.6 is 0 Å². The quantitative estimate of drug-likeness (QED) is 0.652. The van der Waals surface area contributed by atoms with Crippen LogP contribution < -0.4 is 4.74 Å². The van der Waals surface area contributed by atoms with E-state index in [0.29, 0.717) is 5.76 Å². The van der Waals surface area contributed by atoms with Crippen LogP contribution in [-0.2, 0) is 12.8 Å². The van der Waals surface area contributed by atoms with Crippen molar-refractivity contribution in [1.82, 2.24) is 0 Å². The first-order valence-electron chi connectivity index (χ1n) is 6.71. The van der Waals surface area contributed by atoms with E-state index < -0.39 is 11.7 Å². The van der Waals surface area contributed by atoms with Gasteiger partial charge in [-0.15, -0.1) is 0 Å². The monoisotopic (exact) mass is 306 g/mol. The molecule has 0 spiro atoms. The summed E-state index contributed by atoms with van der Waals surface area (Å²) in [5, 5.41) is 0.947. The lowest BCUT2D eigenvalue weighted by molar-refractivity contribution is -0.137. The molecular formula is C17H13F3O2. The molecular weight excluding hydrogens is 293 g/mol. The van der Waals surface area contributed by atoms with Crippen molar-refractivity contribution in [2.24, 2.45) is 0 Å². The molecule has 0 saturated heterocycles. The summed E-state index contributed by atoms with van der Waals surface area (Å²) < 4.78 is 48.9. The molecule has 2 nitrogen and oxygen atoms in total. The summed E-state index contributed by atoms with van der Waals surface area (Å²) >= 11 is 0. The maximum atomic E-state index is 12.6. The minimum absolute atomic E-state index is 0.0784. The Labute approximate surface area is 125 Å². The maximum Gasteiger partial charge on any atom is 0.416 e. The van der Waals surface area contributed by atoms with Crippen LogP contribution in [0.15, 0.2) is 52.9 Å². The molecule has 0 atom stereocenters. The van der Waals surface area contributed by atoms with Gasteiger partial charge in [0.15, 0.2) is 0 Å². The number of aryl methyl sites for hydroxylation is 1. The highest BCUT2D eigenvalue weighted by Gasteiger charge is 2.30. The zero-order chi connectivity index (χ0) is 15.7. The Morgan fingerprint density at radius 3 is 2.64 bits per heavy atom. The standard InChI is InChI=1S/C17H13F3O2/c1-11-5-6-16-12(7-11)8-15(22-16)10-21-14-4-2-3-13(9-14)17(18,19)20/h2-9H,10H2,1H3. The van der Waals surface area contributed by atoms with Crippen LogP contribution in [0.5, 0.6) is 5.75 Å². The minimum Gasteiger partial charge on any atom is -0.486 e. The first-order valence-corrected chi connectivity index (χ1v) is 6.71. The normalized spacial score (nSPS) is 11.8. The van der Waals surface area contributed by atoms with E-state index in [2.05, 4.69) is 0 Å². The highest BCUT2D eigenvalue weighted by atomic mass is 19.4. The van der Waals surface area contributed by atoms with Crippen LogP contribution in [0.2, 0.25) is 0 Å². The fourth-order valence-electron chi connectivity index (χ4n) is 2.21. The number of benzene rings is 2. The topological polar surface area (TPSA) is 22.4 Å². The first kappa shape index (κ1) is 14.5. The molecule has 0 fully saturated rings. The van der Waals surface area contributed by atoms with Crippen LogP contribution in [0.1, 0.15) is 16.9 Å². The molecule has 114 valence electrons. The molecule has 0 bridgehead atoms. The number of fused-ring (bicyclic) bond motifs is 1. The van der Waals surface area contributed by atoms with Gasteiger partial charge in [-0.1, -0.05) is 17.7 Å². The number of hydrogen-bond donors (Lipinski definition) is 0. The molecule has 5 heteroatoms. The van der Waals surface area contributed by atoms with Gasteiger partial charge in [0.05, 0.1) is 5.56 Å². The Bertz CT molecular complexity index is 803. The molecule has 0 amide bonds. The van der Waals surface area contributed by atoms with Gasteiger partial charge in [-0.2, -0.15) is 13.2 Å². The van der Waals surface area contributed by atoms with E-state index in [9.17, 15) is 13.2 Å².